The number of benzene rings is 2. The van der Waals surface area contributed by atoms with Gasteiger partial charge in [0.15, 0.2) is 5.82 Å². The van der Waals surface area contributed by atoms with Gasteiger partial charge in [0.1, 0.15) is 12.4 Å². The third-order valence-corrected chi connectivity index (χ3v) is 8.51. The molecule has 2 fully saturated rings. The molecule has 0 unspecified atom stereocenters. The molecule has 3 aromatic rings. The van der Waals surface area contributed by atoms with Gasteiger partial charge in [0.2, 0.25) is 0 Å². The smallest absolute Gasteiger partial charge is 0.293 e. The second kappa shape index (κ2) is 14.3. The van der Waals surface area contributed by atoms with Gasteiger partial charge < -0.3 is 9.47 Å². The summed E-state index contributed by atoms with van der Waals surface area (Å²) >= 11 is 13.3. The maximum atomic E-state index is 13.2. The van der Waals surface area contributed by atoms with Gasteiger partial charge in [-0.15, -0.1) is 10.2 Å². The number of imide groups is 1. The van der Waals surface area contributed by atoms with Crippen molar-refractivity contribution in [3.8, 4) is 16.9 Å². The van der Waals surface area contributed by atoms with Crippen LogP contribution in [-0.4, -0.2) is 87.6 Å². The molecule has 0 bridgehead atoms. The minimum atomic E-state index is -0.294. The first-order valence-electron chi connectivity index (χ1n) is 13.5. The Morgan fingerprint density at radius 3 is 2.59 bits per heavy atom. The molecule has 2 amide bonds. The summed E-state index contributed by atoms with van der Waals surface area (Å²) in [6, 6.07) is 11.2. The van der Waals surface area contributed by atoms with Crippen molar-refractivity contribution in [1.29, 1.82) is 0 Å². The fraction of sp³-hybridized carbons (Fsp3) is 0.393. The fourth-order valence-electron chi connectivity index (χ4n) is 4.61. The quantitative estimate of drug-likeness (QED) is 0.213. The Morgan fingerprint density at radius 2 is 1.80 bits per heavy atom. The number of nitrogens with one attached hydrogen (secondary N) is 1. The van der Waals surface area contributed by atoms with Crippen LogP contribution in [0.2, 0.25) is 10.0 Å². The summed E-state index contributed by atoms with van der Waals surface area (Å²) < 4.78 is 11.6. The Kier molecular flexibility index (Phi) is 10.3. The minimum absolute atomic E-state index is 0.269. The van der Waals surface area contributed by atoms with Crippen LogP contribution in [0.15, 0.2) is 41.3 Å². The monoisotopic (exact) mass is 616 g/mol. The lowest BCUT2D eigenvalue weighted by molar-refractivity contribution is -0.122. The molecule has 41 heavy (non-hydrogen) atoms. The van der Waals surface area contributed by atoms with Gasteiger partial charge in [0.05, 0.1) is 28.2 Å². The second-order valence-corrected chi connectivity index (χ2v) is 11.5. The van der Waals surface area contributed by atoms with Crippen LogP contribution in [0.25, 0.3) is 17.2 Å². The molecule has 2 aliphatic heterocycles. The zero-order valence-electron chi connectivity index (χ0n) is 22.4. The van der Waals surface area contributed by atoms with E-state index in [0.29, 0.717) is 58.1 Å². The summed E-state index contributed by atoms with van der Waals surface area (Å²) in [7, 11) is 0. The SMILES string of the molecule is O=C1S/C(=C\c2cc(-c3ccc(Cl)c(Cl)c3)ccc2OCCN2CCOCC2)C(=O)N1CCCCCc1nn[nH]n1. The van der Waals surface area contributed by atoms with Crippen LogP contribution >= 0.6 is 35.0 Å². The van der Waals surface area contributed by atoms with Gasteiger partial charge in [-0.2, -0.15) is 5.21 Å². The van der Waals surface area contributed by atoms with Crippen LogP contribution in [0.5, 0.6) is 5.75 Å². The number of carbonyl (C=O) groups excluding carboxylic acids is 2. The van der Waals surface area contributed by atoms with Crippen LogP contribution in [0, 0.1) is 0 Å². The van der Waals surface area contributed by atoms with Gasteiger partial charge in [-0.3, -0.25) is 19.4 Å². The van der Waals surface area contributed by atoms with Gasteiger partial charge in [0.25, 0.3) is 11.1 Å². The first-order valence-corrected chi connectivity index (χ1v) is 15.1. The van der Waals surface area contributed by atoms with Gasteiger partial charge in [-0.25, -0.2) is 0 Å². The molecule has 1 N–H and O–H groups in total. The lowest BCUT2D eigenvalue weighted by Gasteiger charge is -2.26. The highest BCUT2D eigenvalue weighted by molar-refractivity contribution is 8.18. The van der Waals surface area contributed by atoms with Crippen molar-refractivity contribution in [2.75, 3.05) is 46.0 Å². The van der Waals surface area contributed by atoms with E-state index < -0.39 is 0 Å². The highest BCUT2D eigenvalue weighted by Crippen LogP contribution is 2.36. The highest BCUT2D eigenvalue weighted by atomic mass is 35.5. The first-order chi connectivity index (χ1) is 20.0. The number of tetrazole rings is 1. The van der Waals surface area contributed by atoms with Crippen molar-refractivity contribution in [3.05, 3.63) is 62.7 Å². The van der Waals surface area contributed by atoms with E-state index in [-0.39, 0.29) is 11.1 Å². The normalized spacial score (nSPS) is 17.1. The molecule has 3 heterocycles. The number of halogens is 2. The van der Waals surface area contributed by atoms with E-state index >= 15 is 0 Å². The van der Waals surface area contributed by atoms with Gasteiger partial charge >= 0.3 is 0 Å². The Balaban J connectivity index is 1.29. The summed E-state index contributed by atoms with van der Waals surface area (Å²) in [5.41, 5.74) is 2.47. The average Bonchev–Trinajstić information content (AvgIpc) is 3.59. The number of H-pyrrole nitrogens is 1. The molecule has 5 rings (SSSR count). The van der Waals surface area contributed by atoms with Gasteiger partial charge in [-0.1, -0.05) is 47.0 Å². The van der Waals surface area contributed by atoms with Crippen molar-refractivity contribution >= 4 is 52.2 Å². The largest absolute Gasteiger partial charge is 0.492 e. The maximum Gasteiger partial charge on any atom is 0.293 e. The molecule has 13 heteroatoms. The Hall–Kier alpha value is -2.96. The van der Waals surface area contributed by atoms with Crippen molar-refractivity contribution < 1.29 is 19.1 Å². The standard InChI is InChI=1S/C28H30Cl2N6O4S/c29-22-7-5-20(17-23(22)30)19-6-8-24(40-15-12-35-10-13-39-14-11-35)21(16-19)18-25-27(37)36(28(38)41-25)9-3-1-2-4-26-31-33-34-32-26/h5-8,16-18H,1-4,9-15H2,(H,31,32,33,34)/b25-18-. The first kappa shape index (κ1) is 29.5. The van der Waals surface area contributed by atoms with Crippen LogP contribution in [0.3, 0.4) is 0 Å². The summed E-state index contributed by atoms with van der Waals surface area (Å²) in [6.45, 7) is 4.80. The van der Waals surface area contributed by atoms with E-state index in [2.05, 4.69) is 25.5 Å². The topological polar surface area (TPSA) is 114 Å². The lowest BCUT2D eigenvalue weighted by Crippen LogP contribution is -2.38. The van der Waals surface area contributed by atoms with Gasteiger partial charge in [0, 0.05) is 38.2 Å². The molecular weight excluding hydrogens is 587 g/mol. The van der Waals surface area contributed by atoms with Crippen LogP contribution in [0.4, 0.5) is 4.79 Å². The number of nitrogens with zero attached hydrogens (tertiary/aromatic N) is 5. The molecule has 0 aliphatic carbocycles. The Morgan fingerprint density at radius 1 is 1.00 bits per heavy atom. The number of aryl methyl sites for hydroxylation is 1. The third kappa shape index (κ3) is 7.87. The van der Waals surface area contributed by atoms with E-state index in [9.17, 15) is 9.59 Å². The predicted octanol–water partition coefficient (Wildman–Crippen LogP) is 5.33. The number of hydrogen-bond donors (Lipinski definition) is 1. The Bertz CT molecular complexity index is 1400. The molecule has 10 nitrogen and oxygen atoms in total. The summed E-state index contributed by atoms with van der Waals surface area (Å²) in [5, 5.41) is 14.5. The molecule has 2 aliphatic rings. The number of aromatic nitrogens is 4. The number of carbonyl (C=O) groups is 2. The number of amides is 2. The zero-order chi connectivity index (χ0) is 28.6. The maximum absolute atomic E-state index is 13.2. The molecule has 0 spiro atoms. The van der Waals surface area contributed by atoms with E-state index in [4.69, 9.17) is 32.7 Å². The molecule has 0 saturated carbocycles. The minimum Gasteiger partial charge on any atom is -0.492 e. The predicted molar refractivity (Wildman–Crippen MR) is 159 cm³/mol. The zero-order valence-corrected chi connectivity index (χ0v) is 24.7. The molecule has 2 saturated heterocycles. The number of hydrogen-bond acceptors (Lipinski definition) is 9. The highest BCUT2D eigenvalue weighted by Gasteiger charge is 2.34. The van der Waals surface area contributed by atoms with Gasteiger partial charge in [-0.05, 0) is 66.1 Å². The molecule has 0 radical (unpaired) electrons. The Labute approximate surface area is 252 Å². The number of thioether (sulfide) groups is 1. The summed E-state index contributed by atoms with van der Waals surface area (Å²) in [6.07, 6.45) is 4.82. The fourth-order valence-corrected chi connectivity index (χ4v) is 5.76. The number of aromatic amines is 1. The van der Waals surface area contributed by atoms with E-state index in [1.807, 2.05) is 24.3 Å². The number of unbranched alkanes of at least 4 members (excludes halogenated alkanes) is 2. The van der Waals surface area contributed by atoms with Crippen LogP contribution in [0.1, 0.15) is 30.7 Å². The third-order valence-electron chi connectivity index (χ3n) is 6.86. The van der Waals surface area contributed by atoms with E-state index in [1.54, 1.807) is 18.2 Å². The number of rotatable bonds is 12. The molecule has 0 atom stereocenters. The van der Waals surface area contributed by atoms with E-state index in [0.717, 1.165) is 68.6 Å². The van der Waals surface area contributed by atoms with Crippen molar-refractivity contribution in [2.45, 2.75) is 25.7 Å². The number of ether oxygens (including phenoxy) is 2. The average molecular weight is 618 g/mol. The van der Waals surface area contributed by atoms with Crippen molar-refractivity contribution in [2.24, 2.45) is 0 Å². The van der Waals surface area contributed by atoms with Crippen LogP contribution in [-0.2, 0) is 16.0 Å². The molecule has 1 aromatic heterocycles. The summed E-state index contributed by atoms with van der Waals surface area (Å²) in [4.78, 5) is 29.9. The summed E-state index contributed by atoms with van der Waals surface area (Å²) in [5.74, 6) is 0.998. The molecule has 2 aromatic carbocycles. The number of morpholine rings is 1. The molecular formula is C28H30Cl2N6O4S. The van der Waals surface area contributed by atoms with Crippen LogP contribution < -0.4 is 4.74 Å². The second-order valence-electron chi connectivity index (χ2n) is 9.66. The molecule has 216 valence electrons. The van der Waals surface area contributed by atoms with E-state index in [1.165, 1.54) is 4.90 Å². The van der Waals surface area contributed by atoms with Crippen molar-refractivity contribution in [1.82, 2.24) is 30.4 Å². The lowest BCUT2D eigenvalue weighted by atomic mass is 10.0. The van der Waals surface area contributed by atoms with Crippen molar-refractivity contribution in [3.63, 3.8) is 0 Å².